The van der Waals surface area contributed by atoms with Crippen molar-refractivity contribution >= 4 is 6.41 Å². The molecule has 0 spiro atoms. The number of hydrogen-bond donors (Lipinski definition) is 0. The van der Waals surface area contributed by atoms with E-state index in [9.17, 15) is 4.79 Å². The zero-order valence-corrected chi connectivity index (χ0v) is 23.4. The summed E-state index contributed by atoms with van der Waals surface area (Å²) in [5.74, 6) is 1.05. The highest BCUT2D eigenvalue weighted by Gasteiger charge is 2.31. The number of carbonyl (C=O) groups excluding carboxylic acids is 1. The van der Waals surface area contributed by atoms with Crippen molar-refractivity contribution in [1.82, 2.24) is 14.7 Å². The maximum absolute atomic E-state index is 11.8. The van der Waals surface area contributed by atoms with Gasteiger partial charge in [-0.3, -0.25) is 9.69 Å². The van der Waals surface area contributed by atoms with Gasteiger partial charge in [-0.1, -0.05) is 57.2 Å². The molecule has 6 heteroatoms. The van der Waals surface area contributed by atoms with E-state index in [0.29, 0.717) is 0 Å². The van der Waals surface area contributed by atoms with Gasteiger partial charge in [0.25, 0.3) is 0 Å². The molecule has 1 aromatic heterocycles. The Bertz CT molecular complexity index is 1140. The monoisotopic (exact) mass is 503 g/mol. The highest BCUT2D eigenvalue weighted by molar-refractivity contribution is 5.55. The molecule has 1 fully saturated rings. The average Bonchev–Trinajstić information content (AvgIpc) is 3.30. The molecule has 1 saturated heterocycles. The largest absolute Gasteiger partial charge is 0.440 e. The topological polar surface area (TPSA) is 39.9 Å². The van der Waals surface area contributed by atoms with E-state index in [1.54, 1.807) is 4.90 Å². The van der Waals surface area contributed by atoms with Crippen LogP contribution in [0.25, 0.3) is 0 Å². The highest BCUT2D eigenvalue weighted by atomic mass is 16.5. The summed E-state index contributed by atoms with van der Waals surface area (Å²) in [6.07, 6.45) is 7.50. The number of ether oxygens (including phenoxy) is 1. The SMILES string of the molecule is CN(C=O)C1=CC(c2cccc(OC3CCN(Cc4ccccc4)C3)[n+]2C)CC=C1N(C)CC(C)(C)C. The Morgan fingerprint density at radius 3 is 2.54 bits per heavy atom. The number of amides is 1. The summed E-state index contributed by atoms with van der Waals surface area (Å²) in [5, 5.41) is 0. The fraction of sp³-hybridized carbons (Fsp3) is 0.484. The molecule has 2 aromatic rings. The summed E-state index contributed by atoms with van der Waals surface area (Å²) in [6.45, 7) is 10.6. The summed E-state index contributed by atoms with van der Waals surface area (Å²) < 4.78 is 8.70. The second kappa shape index (κ2) is 11.5. The van der Waals surface area contributed by atoms with Gasteiger partial charge in [-0.05, 0) is 36.0 Å². The zero-order chi connectivity index (χ0) is 26.6. The van der Waals surface area contributed by atoms with Crippen LogP contribution in [0.3, 0.4) is 0 Å². The molecule has 4 rings (SSSR count). The summed E-state index contributed by atoms with van der Waals surface area (Å²) in [6, 6.07) is 17.0. The van der Waals surface area contributed by atoms with E-state index in [-0.39, 0.29) is 17.4 Å². The van der Waals surface area contributed by atoms with Crippen molar-refractivity contribution in [3.8, 4) is 5.88 Å². The summed E-state index contributed by atoms with van der Waals surface area (Å²) in [7, 11) is 6.03. The standard InChI is InChI=1S/C31H43N4O2/c1-31(2,3)22-32(4)28-16-15-25(19-29(28)33(5)23-36)27-13-10-14-30(34(27)6)37-26-17-18-35(21-26)20-24-11-8-7-9-12-24/h7-14,16,19,23,25-26H,15,17-18,20-22H2,1-6H3/q+1. The first kappa shape index (κ1) is 26.9. The van der Waals surface area contributed by atoms with Crippen molar-refractivity contribution < 1.29 is 14.1 Å². The van der Waals surface area contributed by atoms with Crippen molar-refractivity contribution in [3.63, 3.8) is 0 Å². The number of hydrogen-bond acceptors (Lipinski definition) is 4. The van der Waals surface area contributed by atoms with Crippen molar-refractivity contribution in [3.05, 3.63) is 83.3 Å². The minimum Gasteiger partial charge on any atom is -0.440 e. The number of rotatable bonds is 9. The highest BCUT2D eigenvalue weighted by Crippen LogP contribution is 2.33. The Labute approximate surface area is 222 Å². The molecule has 2 atom stereocenters. The van der Waals surface area contributed by atoms with Gasteiger partial charge in [0.15, 0.2) is 5.69 Å². The van der Waals surface area contributed by atoms with Gasteiger partial charge in [-0.15, -0.1) is 0 Å². The predicted molar refractivity (Wildman–Crippen MR) is 148 cm³/mol. The number of likely N-dealkylation sites (N-methyl/N-ethyl adjacent to an activating group) is 2. The molecule has 2 heterocycles. The van der Waals surface area contributed by atoms with Gasteiger partial charge in [0.2, 0.25) is 6.41 Å². The smallest absolute Gasteiger partial charge is 0.368 e. The number of aromatic nitrogens is 1. The van der Waals surface area contributed by atoms with Gasteiger partial charge in [0, 0.05) is 46.3 Å². The number of allylic oxidation sites excluding steroid dienone is 2. The second-order valence-electron chi connectivity index (χ2n) is 11.7. The molecule has 0 bridgehead atoms. The van der Waals surface area contributed by atoms with Crippen LogP contribution in [0, 0.1) is 5.41 Å². The second-order valence-corrected chi connectivity index (χ2v) is 11.7. The normalized spacial score (nSPS) is 20.3. The third-order valence-corrected chi connectivity index (χ3v) is 7.22. The number of carbonyl (C=O) groups is 1. The van der Waals surface area contributed by atoms with Crippen LogP contribution in [-0.2, 0) is 18.4 Å². The predicted octanol–water partition coefficient (Wildman–Crippen LogP) is 4.49. The molecule has 6 nitrogen and oxygen atoms in total. The molecule has 198 valence electrons. The number of pyridine rings is 1. The minimum atomic E-state index is 0.159. The molecule has 1 aromatic carbocycles. The van der Waals surface area contributed by atoms with Crippen molar-refractivity contribution in [2.75, 3.05) is 33.7 Å². The van der Waals surface area contributed by atoms with E-state index in [1.807, 2.05) is 7.05 Å². The van der Waals surface area contributed by atoms with Gasteiger partial charge in [0.1, 0.15) is 13.2 Å². The third-order valence-electron chi connectivity index (χ3n) is 7.22. The quantitative estimate of drug-likeness (QED) is 0.374. The third kappa shape index (κ3) is 6.80. The molecular formula is C31H43N4O2+. The van der Waals surface area contributed by atoms with Crippen molar-refractivity contribution in [2.24, 2.45) is 12.5 Å². The van der Waals surface area contributed by atoms with Crippen LogP contribution in [0.1, 0.15) is 50.8 Å². The molecule has 0 radical (unpaired) electrons. The first-order chi connectivity index (χ1) is 17.6. The Kier molecular flexibility index (Phi) is 8.38. The summed E-state index contributed by atoms with van der Waals surface area (Å²) >= 11 is 0. The minimum absolute atomic E-state index is 0.159. The maximum Gasteiger partial charge on any atom is 0.368 e. The molecule has 0 saturated carbocycles. The van der Waals surface area contributed by atoms with Crippen LogP contribution >= 0.6 is 0 Å². The van der Waals surface area contributed by atoms with E-state index in [0.717, 1.165) is 62.7 Å². The lowest BCUT2D eigenvalue weighted by Crippen LogP contribution is -2.40. The van der Waals surface area contributed by atoms with Crippen LogP contribution in [0.5, 0.6) is 5.88 Å². The van der Waals surface area contributed by atoms with Gasteiger partial charge in [0.05, 0.1) is 23.4 Å². The van der Waals surface area contributed by atoms with Gasteiger partial charge >= 0.3 is 5.88 Å². The Hall–Kier alpha value is -3.12. The van der Waals surface area contributed by atoms with Crippen molar-refractivity contribution in [2.45, 2.75) is 52.2 Å². The molecule has 0 N–H and O–H groups in total. The van der Waals surface area contributed by atoms with Crippen LogP contribution < -0.4 is 9.30 Å². The Balaban J connectivity index is 1.48. The van der Waals surface area contributed by atoms with E-state index >= 15 is 0 Å². The van der Waals surface area contributed by atoms with Crippen molar-refractivity contribution in [1.29, 1.82) is 0 Å². The lowest BCUT2D eigenvalue weighted by molar-refractivity contribution is -0.686. The molecule has 1 aliphatic carbocycles. The van der Waals surface area contributed by atoms with Gasteiger partial charge < -0.3 is 14.5 Å². The van der Waals surface area contributed by atoms with Crippen LogP contribution in [0.15, 0.2) is 72.1 Å². The molecule has 2 aliphatic rings. The molecule has 37 heavy (non-hydrogen) atoms. The van der Waals surface area contributed by atoms with Crippen LogP contribution in [-0.4, -0.2) is 60.9 Å². The molecule has 1 aliphatic heterocycles. The molecule has 1 amide bonds. The van der Waals surface area contributed by atoms with Crippen LogP contribution in [0.2, 0.25) is 0 Å². The number of likely N-dealkylation sites (tertiary alicyclic amines) is 1. The fourth-order valence-electron chi connectivity index (χ4n) is 5.52. The lowest BCUT2D eigenvalue weighted by Gasteiger charge is -2.35. The van der Waals surface area contributed by atoms with E-state index in [4.69, 9.17) is 4.74 Å². The Morgan fingerprint density at radius 1 is 1.08 bits per heavy atom. The van der Waals surface area contributed by atoms with Gasteiger partial charge in [-0.25, -0.2) is 0 Å². The average molecular weight is 504 g/mol. The summed E-state index contributed by atoms with van der Waals surface area (Å²) in [5.41, 5.74) is 4.75. The lowest BCUT2D eigenvalue weighted by atomic mass is 9.91. The van der Waals surface area contributed by atoms with Crippen LogP contribution in [0.4, 0.5) is 0 Å². The molecule has 2 unspecified atom stereocenters. The summed E-state index contributed by atoms with van der Waals surface area (Å²) in [4.78, 5) is 18.2. The molecular weight excluding hydrogens is 460 g/mol. The maximum atomic E-state index is 11.8. The number of benzene rings is 1. The fourth-order valence-corrected chi connectivity index (χ4v) is 5.52. The first-order valence-corrected chi connectivity index (χ1v) is 13.4. The zero-order valence-electron chi connectivity index (χ0n) is 23.4. The van der Waals surface area contributed by atoms with Gasteiger partial charge in [-0.2, -0.15) is 4.57 Å². The van der Waals surface area contributed by atoms with E-state index in [2.05, 4.69) is 110 Å². The Morgan fingerprint density at radius 2 is 1.84 bits per heavy atom. The number of nitrogens with zero attached hydrogens (tertiary/aromatic N) is 4. The van der Waals surface area contributed by atoms with E-state index in [1.165, 1.54) is 11.3 Å². The van der Waals surface area contributed by atoms with E-state index < -0.39 is 0 Å². The first-order valence-electron chi connectivity index (χ1n) is 13.4.